The molecule has 0 N–H and O–H groups in total. The molecule has 0 saturated carbocycles. The van der Waals surface area contributed by atoms with E-state index in [1.54, 1.807) is 24.1 Å². The maximum Gasteiger partial charge on any atom is 0.226 e. The standard InChI is InChI=1S/C22H28ClN3O2/c1-3-22(27)26(20-17-18(23)9-10-21(20)28-2)16-13-24-11-14-25(15-12-24)19-7-5-4-6-8-19/h4-10,17H,3,11-16H2,1-2H3. The van der Waals surface area contributed by atoms with E-state index in [0.29, 0.717) is 23.7 Å². The quantitative estimate of drug-likeness (QED) is 0.704. The van der Waals surface area contributed by atoms with Gasteiger partial charge in [0, 0.05) is 56.4 Å². The van der Waals surface area contributed by atoms with E-state index in [2.05, 4.69) is 34.1 Å². The molecule has 0 aliphatic carbocycles. The minimum Gasteiger partial charge on any atom is -0.495 e. The summed E-state index contributed by atoms with van der Waals surface area (Å²) in [6, 6.07) is 15.9. The summed E-state index contributed by atoms with van der Waals surface area (Å²) in [7, 11) is 1.62. The van der Waals surface area contributed by atoms with E-state index in [9.17, 15) is 4.79 Å². The second-order valence-electron chi connectivity index (χ2n) is 6.88. The van der Waals surface area contributed by atoms with Crippen LogP contribution >= 0.6 is 11.6 Å². The minimum absolute atomic E-state index is 0.0727. The molecule has 2 aromatic rings. The molecule has 1 heterocycles. The van der Waals surface area contributed by atoms with Gasteiger partial charge in [-0.2, -0.15) is 0 Å². The number of carbonyl (C=O) groups is 1. The van der Waals surface area contributed by atoms with Crippen LogP contribution in [0.5, 0.6) is 5.75 Å². The maximum atomic E-state index is 12.6. The van der Waals surface area contributed by atoms with Gasteiger partial charge in [-0.3, -0.25) is 9.69 Å². The minimum atomic E-state index is 0.0727. The van der Waals surface area contributed by atoms with Crippen LogP contribution in [0, 0.1) is 0 Å². The molecule has 2 aromatic carbocycles. The topological polar surface area (TPSA) is 36.0 Å². The summed E-state index contributed by atoms with van der Waals surface area (Å²) < 4.78 is 5.46. The third-order valence-electron chi connectivity index (χ3n) is 5.17. The lowest BCUT2D eigenvalue weighted by Gasteiger charge is -2.37. The maximum absolute atomic E-state index is 12.6. The predicted octanol–water partition coefficient (Wildman–Crippen LogP) is 3.91. The SMILES string of the molecule is CCC(=O)N(CCN1CCN(c2ccccc2)CC1)c1cc(Cl)ccc1OC. The number of benzene rings is 2. The Hall–Kier alpha value is -2.24. The Labute approximate surface area is 172 Å². The Balaban J connectivity index is 1.62. The fraction of sp³-hybridized carbons (Fsp3) is 0.409. The molecule has 1 aliphatic rings. The molecule has 0 aromatic heterocycles. The summed E-state index contributed by atoms with van der Waals surface area (Å²) in [6.07, 6.45) is 0.442. The van der Waals surface area contributed by atoms with E-state index in [0.717, 1.165) is 38.4 Å². The molecule has 1 fully saturated rings. The number of halogens is 1. The van der Waals surface area contributed by atoms with E-state index in [4.69, 9.17) is 16.3 Å². The second-order valence-corrected chi connectivity index (χ2v) is 7.32. The summed E-state index contributed by atoms with van der Waals surface area (Å²) in [5.74, 6) is 0.739. The molecule has 0 radical (unpaired) electrons. The van der Waals surface area contributed by atoms with E-state index in [-0.39, 0.29) is 5.91 Å². The first-order valence-electron chi connectivity index (χ1n) is 9.78. The van der Waals surface area contributed by atoms with Crippen molar-refractivity contribution in [2.45, 2.75) is 13.3 Å². The van der Waals surface area contributed by atoms with Gasteiger partial charge in [-0.25, -0.2) is 0 Å². The Morgan fingerprint density at radius 2 is 1.82 bits per heavy atom. The van der Waals surface area contributed by atoms with Gasteiger partial charge in [0.05, 0.1) is 12.8 Å². The highest BCUT2D eigenvalue weighted by Crippen LogP contribution is 2.31. The molecule has 6 heteroatoms. The van der Waals surface area contributed by atoms with Crippen molar-refractivity contribution in [3.8, 4) is 5.75 Å². The van der Waals surface area contributed by atoms with Gasteiger partial charge in [0.2, 0.25) is 5.91 Å². The number of piperazine rings is 1. The van der Waals surface area contributed by atoms with Gasteiger partial charge < -0.3 is 14.5 Å². The summed E-state index contributed by atoms with van der Waals surface area (Å²) >= 11 is 6.18. The Morgan fingerprint density at radius 1 is 1.11 bits per heavy atom. The number of carbonyl (C=O) groups excluding carboxylic acids is 1. The highest BCUT2D eigenvalue weighted by Gasteiger charge is 2.22. The van der Waals surface area contributed by atoms with Gasteiger partial charge in [0.1, 0.15) is 5.75 Å². The van der Waals surface area contributed by atoms with Gasteiger partial charge in [0.25, 0.3) is 0 Å². The number of anilines is 2. The molecule has 0 bridgehead atoms. The zero-order valence-electron chi connectivity index (χ0n) is 16.6. The third kappa shape index (κ3) is 4.97. The Kier molecular flexibility index (Phi) is 7.18. The highest BCUT2D eigenvalue weighted by atomic mass is 35.5. The van der Waals surface area contributed by atoms with Crippen molar-refractivity contribution in [1.29, 1.82) is 0 Å². The normalized spacial score (nSPS) is 14.8. The molecule has 1 saturated heterocycles. The summed E-state index contributed by atoms with van der Waals surface area (Å²) in [6.45, 7) is 7.27. The number of amides is 1. The Bertz CT molecular complexity index is 777. The van der Waals surface area contributed by atoms with Gasteiger partial charge in [-0.05, 0) is 30.3 Å². The predicted molar refractivity (Wildman–Crippen MR) is 116 cm³/mol. The average Bonchev–Trinajstić information content (AvgIpc) is 2.75. The first-order chi connectivity index (χ1) is 13.6. The molecule has 5 nitrogen and oxygen atoms in total. The number of nitrogens with zero attached hydrogens (tertiary/aromatic N) is 3. The van der Waals surface area contributed by atoms with Gasteiger partial charge in [-0.1, -0.05) is 36.7 Å². The van der Waals surface area contributed by atoms with Gasteiger partial charge >= 0.3 is 0 Å². The summed E-state index contributed by atoms with van der Waals surface area (Å²) in [4.78, 5) is 19.2. The lowest BCUT2D eigenvalue weighted by atomic mass is 10.2. The Morgan fingerprint density at radius 3 is 2.46 bits per heavy atom. The van der Waals surface area contributed by atoms with E-state index < -0.39 is 0 Å². The van der Waals surface area contributed by atoms with Crippen molar-refractivity contribution >= 4 is 28.9 Å². The van der Waals surface area contributed by atoms with Crippen LogP contribution < -0.4 is 14.5 Å². The van der Waals surface area contributed by atoms with Crippen molar-refractivity contribution in [1.82, 2.24) is 4.90 Å². The second kappa shape index (κ2) is 9.80. The largest absolute Gasteiger partial charge is 0.495 e. The van der Waals surface area contributed by atoms with Crippen LogP contribution in [0.15, 0.2) is 48.5 Å². The van der Waals surface area contributed by atoms with Crippen molar-refractivity contribution in [3.63, 3.8) is 0 Å². The zero-order valence-corrected chi connectivity index (χ0v) is 17.4. The fourth-order valence-corrected chi connectivity index (χ4v) is 3.72. The lowest BCUT2D eigenvalue weighted by Crippen LogP contribution is -2.49. The molecule has 1 aliphatic heterocycles. The van der Waals surface area contributed by atoms with Crippen molar-refractivity contribution < 1.29 is 9.53 Å². The van der Waals surface area contributed by atoms with Crippen LogP contribution in [0.1, 0.15) is 13.3 Å². The van der Waals surface area contributed by atoms with Crippen LogP contribution in [0.25, 0.3) is 0 Å². The first-order valence-corrected chi connectivity index (χ1v) is 10.2. The van der Waals surface area contributed by atoms with Gasteiger partial charge in [0.15, 0.2) is 0 Å². The summed E-state index contributed by atoms with van der Waals surface area (Å²) in [5, 5.41) is 0.598. The van der Waals surface area contributed by atoms with Crippen LogP contribution in [0.4, 0.5) is 11.4 Å². The molecular weight excluding hydrogens is 374 g/mol. The molecule has 150 valence electrons. The van der Waals surface area contributed by atoms with Crippen LogP contribution in [-0.2, 0) is 4.79 Å². The van der Waals surface area contributed by atoms with Crippen molar-refractivity contribution in [2.24, 2.45) is 0 Å². The number of rotatable bonds is 7. The monoisotopic (exact) mass is 401 g/mol. The lowest BCUT2D eigenvalue weighted by molar-refractivity contribution is -0.118. The number of para-hydroxylation sites is 1. The number of hydrogen-bond acceptors (Lipinski definition) is 4. The van der Waals surface area contributed by atoms with Crippen molar-refractivity contribution in [2.75, 3.05) is 56.2 Å². The average molecular weight is 402 g/mol. The van der Waals surface area contributed by atoms with E-state index in [1.165, 1.54) is 5.69 Å². The van der Waals surface area contributed by atoms with Crippen molar-refractivity contribution in [3.05, 3.63) is 53.6 Å². The molecule has 0 atom stereocenters. The first kappa shape index (κ1) is 20.5. The van der Waals surface area contributed by atoms with Crippen LogP contribution in [0.3, 0.4) is 0 Å². The molecular formula is C22H28ClN3O2. The zero-order chi connectivity index (χ0) is 19.9. The summed E-state index contributed by atoms with van der Waals surface area (Å²) in [5.41, 5.74) is 2.01. The molecule has 3 rings (SSSR count). The molecule has 1 amide bonds. The number of hydrogen-bond donors (Lipinski definition) is 0. The fourth-order valence-electron chi connectivity index (χ4n) is 3.55. The molecule has 0 spiro atoms. The highest BCUT2D eigenvalue weighted by molar-refractivity contribution is 6.31. The third-order valence-corrected chi connectivity index (χ3v) is 5.40. The van der Waals surface area contributed by atoms with E-state index in [1.807, 2.05) is 19.1 Å². The smallest absolute Gasteiger partial charge is 0.226 e. The number of methoxy groups -OCH3 is 1. The molecule has 28 heavy (non-hydrogen) atoms. The number of ether oxygens (including phenoxy) is 1. The van der Waals surface area contributed by atoms with Gasteiger partial charge in [-0.15, -0.1) is 0 Å². The van der Waals surface area contributed by atoms with Crippen LogP contribution in [-0.4, -0.2) is 57.2 Å². The van der Waals surface area contributed by atoms with E-state index >= 15 is 0 Å². The van der Waals surface area contributed by atoms with Crippen LogP contribution in [0.2, 0.25) is 5.02 Å². The molecule has 0 unspecified atom stereocenters.